The first-order valence-corrected chi connectivity index (χ1v) is 18.2. The van der Waals surface area contributed by atoms with Crippen molar-refractivity contribution < 1.29 is 47.6 Å². The molecule has 6 rings (SSSR count). The van der Waals surface area contributed by atoms with E-state index in [1.165, 1.54) is 39.0 Å². The van der Waals surface area contributed by atoms with Crippen LogP contribution in [0.3, 0.4) is 0 Å². The summed E-state index contributed by atoms with van der Waals surface area (Å²) < 4.78 is 2.03. The van der Waals surface area contributed by atoms with Crippen LogP contribution in [0.15, 0.2) is 103 Å². The molecule has 1 unspecified atom stereocenters. The summed E-state index contributed by atoms with van der Waals surface area (Å²) in [5, 5.41) is 0. The van der Waals surface area contributed by atoms with Crippen LogP contribution >= 0.6 is 0 Å². The molecule has 0 radical (unpaired) electrons. The molecule has 2 aliphatic rings. The molecule has 0 bridgehead atoms. The van der Waals surface area contributed by atoms with E-state index in [-0.39, 0.29) is 35.6 Å². The minimum absolute atomic E-state index is 0. The predicted octanol–water partition coefficient (Wildman–Crippen LogP) is 4.62. The largest absolute Gasteiger partial charge is 1.00 e. The Morgan fingerprint density at radius 1 is 0.750 bits per heavy atom. The van der Waals surface area contributed by atoms with E-state index in [0.29, 0.717) is 3.63 Å². The third-order valence-corrected chi connectivity index (χ3v) is 13.2. The molecule has 0 spiro atoms. The van der Waals surface area contributed by atoms with Gasteiger partial charge in [-0.15, -0.1) is 0 Å². The van der Waals surface area contributed by atoms with Crippen molar-refractivity contribution >= 4 is 8.78 Å². The van der Waals surface area contributed by atoms with Crippen LogP contribution in [0.1, 0.15) is 103 Å². The van der Waals surface area contributed by atoms with Gasteiger partial charge in [0.25, 0.3) is 0 Å². The van der Waals surface area contributed by atoms with Gasteiger partial charge in [-0.05, 0) is 0 Å². The molecular weight excluding hydrogens is 655 g/mol. The van der Waals surface area contributed by atoms with Crippen LogP contribution in [-0.4, -0.2) is 3.21 Å². The van der Waals surface area contributed by atoms with E-state index in [0.717, 1.165) is 12.8 Å². The standard InChI is InChI=1S/C28H33.C13H10.2ClH.Zr/c1-8-18-16-23-22-14-13-21(27(2,3)4)15-20(22)17-24(23)25(19-11-9-10-12-19)26(18)28(5,6)7;1-3-7-12(8-4-1)11-13-9-5-2-6-10-13;;;/h9-11,13-17H,8,12H2,1-7H3;1-10H;2*1H;/q;;;;+2/p-2. The second-order valence-corrected chi connectivity index (χ2v) is 17.3. The number of aryl methyl sites for hydroxylation is 1. The van der Waals surface area contributed by atoms with E-state index in [1.54, 1.807) is 25.5 Å². The van der Waals surface area contributed by atoms with Gasteiger partial charge in [0.2, 0.25) is 0 Å². The van der Waals surface area contributed by atoms with Crippen LogP contribution in [0.4, 0.5) is 0 Å². The molecule has 4 aromatic rings. The zero-order valence-electron chi connectivity index (χ0n) is 27.1. The van der Waals surface area contributed by atoms with E-state index >= 15 is 0 Å². The van der Waals surface area contributed by atoms with Gasteiger partial charge in [-0.2, -0.15) is 0 Å². The van der Waals surface area contributed by atoms with Crippen LogP contribution < -0.4 is 24.8 Å². The molecule has 0 saturated carbocycles. The summed E-state index contributed by atoms with van der Waals surface area (Å²) in [5.41, 5.74) is 16.7. The van der Waals surface area contributed by atoms with Gasteiger partial charge in [-0.25, -0.2) is 0 Å². The SMILES string of the molecule is CCc1cc2c(c(C3=CC=CC3)c1C(C)(C)C)[CH]([Zr+2]=[C](c1ccccc1)c1ccccc1)c1cc(C(C)(C)C)ccc1-2.[Cl-].[Cl-]. The monoisotopic (exact) mass is 695 g/mol. The topological polar surface area (TPSA) is 0 Å². The Kier molecular flexibility index (Phi) is 10.7. The normalized spacial score (nSPS) is 15.0. The average molecular weight is 698 g/mol. The van der Waals surface area contributed by atoms with Crippen LogP contribution in [0, 0.1) is 0 Å². The van der Waals surface area contributed by atoms with E-state index in [4.69, 9.17) is 0 Å². The molecular formula is C41H43Cl2Zr. The first kappa shape index (κ1) is 34.6. The molecule has 4 aromatic carbocycles. The molecule has 0 nitrogen and oxygen atoms in total. The molecule has 1 atom stereocenters. The molecule has 0 N–H and O–H groups in total. The van der Waals surface area contributed by atoms with E-state index in [1.807, 2.05) is 0 Å². The molecule has 2 aliphatic carbocycles. The summed E-state index contributed by atoms with van der Waals surface area (Å²) in [4.78, 5) is 0. The van der Waals surface area contributed by atoms with Crippen LogP contribution in [0.2, 0.25) is 0 Å². The third-order valence-electron chi connectivity index (χ3n) is 8.89. The maximum atomic E-state index is 2.59. The molecule has 0 aliphatic heterocycles. The van der Waals surface area contributed by atoms with Crippen molar-refractivity contribution in [1.82, 2.24) is 0 Å². The fraction of sp³-hybridized carbons (Fsp3) is 0.293. The number of hydrogen-bond acceptors (Lipinski definition) is 0. The molecule has 0 saturated heterocycles. The Morgan fingerprint density at radius 2 is 1.36 bits per heavy atom. The second kappa shape index (κ2) is 13.6. The zero-order chi connectivity index (χ0) is 29.6. The third kappa shape index (κ3) is 6.49. The van der Waals surface area contributed by atoms with E-state index in [9.17, 15) is 0 Å². The number of halogens is 2. The number of rotatable bonds is 5. The number of fused-ring (bicyclic) bond motifs is 3. The average Bonchev–Trinajstić information content (AvgIpc) is 3.61. The van der Waals surface area contributed by atoms with Crippen molar-refractivity contribution in [3.63, 3.8) is 0 Å². The van der Waals surface area contributed by atoms with E-state index < -0.39 is 22.8 Å². The van der Waals surface area contributed by atoms with Crippen molar-refractivity contribution in [2.45, 2.75) is 75.8 Å². The predicted molar refractivity (Wildman–Crippen MR) is 178 cm³/mol. The van der Waals surface area contributed by atoms with Gasteiger partial charge in [0.1, 0.15) is 0 Å². The van der Waals surface area contributed by atoms with Crippen molar-refractivity contribution in [1.29, 1.82) is 0 Å². The van der Waals surface area contributed by atoms with Crippen molar-refractivity contribution in [3.8, 4) is 11.1 Å². The van der Waals surface area contributed by atoms with Gasteiger partial charge in [0, 0.05) is 0 Å². The molecule has 0 amide bonds. The van der Waals surface area contributed by atoms with Crippen molar-refractivity contribution in [2.24, 2.45) is 0 Å². The minimum atomic E-state index is -1.23. The zero-order valence-corrected chi connectivity index (χ0v) is 31.0. The van der Waals surface area contributed by atoms with Crippen LogP contribution in [0.5, 0.6) is 0 Å². The fourth-order valence-corrected chi connectivity index (χ4v) is 11.3. The van der Waals surface area contributed by atoms with Gasteiger partial charge in [-0.3, -0.25) is 0 Å². The van der Waals surface area contributed by atoms with Crippen LogP contribution in [-0.2, 0) is 40.0 Å². The number of hydrogen-bond donors (Lipinski definition) is 0. The first-order chi connectivity index (χ1) is 20.1. The van der Waals surface area contributed by atoms with Gasteiger partial charge >= 0.3 is 266 Å². The molecule has 0 aromatic heterocycles. The Morgan fingerprint density at radius 3 is 1.86 bits per heavy atom. The maximum absolute atomic E-state index is 2.59. The fourth-order valence-electron chi connectivity index (χ4n) is 6.88. The summed E-state index contributed by atoms with van der Waals surface area (Å²) in [6, 6.07) is 32.5. The summed E-state index contributed by atoms with van der Waals surface area (Å²) in [6.45, 7) is 16.6. The van der Waals surface area contributed by atoms with Crippen LogP contribution in [0.25, 0.3) is 16.7 Å². The Labute approximate surface area is 289 Å². The molecule has 225 valence electrons. The number of allylic oxidation sites excluding steroid dienone is 4. The maximum Gasteiger partial charge on any atom is -1.00 e. The molecule has 44 heavy (non-hydrogen) atoms. The molecule has 0 fully saturated rings. The molecule has 0 heterocycles. The summed E-state index contributed by atoms with van der Waals surface area (Å²) in [7, 11) is 0. The second-order valence-electron chi connectivity index (χ2n) is 13.9. The smallest absolute Gasteiger partial charge is 1.00 e. The van der Waals surface area contributed by atoms with Gasteiger partial charge in [-0.1, -0.05) is 0 Å². The van der Waals surface area contributed by atoms with Gasteiger partial charge in [0.05, 0.1) is 0 Å². The summed E-state index contributed by atoms with van der Waals surface area (Å²) in [5.74, 6) is 0. The van der Waals surface area contributed by atoms with Crippen molar-refractivity contribution in [3.05, 3.63) is 148 Å². The Bertz CT molecular complexity index is 1690. The minimum Gasteiger partial charge on any atom is -1.00 e. The number of benzene rings is 4. The van der Waals surface area contributed by atoms with Crippen molar-refractivity contribution in [2.75, 3.05) is 0 Å². The first-order valence-electron chi connectivity index (χ1n) is 15.5. The Hall–Kier alpha value is -2.31. The Balaban J connectivity index is 0.00000221. The summed E-state index contributed by atoms with van der Waals surface area (Å²) in [6.07, 6.45) is 9.09. The van der Waals surface area contributed by atoms with Gasteiger partial charge in [0.15, 0.2) is 0 Å². The quantitative estimate of drug-likeness (QED) is 0.286. The van der Waals surface area contributed by atoms with Gasteiger partial charge < -0.3 is 24.8 Å². The molecule has 3 heteroatoms. The van der Waals surface area contributed by atoms with E-state index in [2.05, 4.69) is 152 Å². The summed E-state index contributed by atoms with van der Waals surface area (Å²) >= 11 is -1.23.